The van der Waals surface area contributed by atoms with Gasteiger partial charge < -0.3 is 9.47 Å². The van der Waals surface area contributed by atoms with Gasteiger partial charge in [0.05, 0.1) is 12.3 Å². The van der Waals surface area contributed by atoms with E-state index in [0.717, 1.165) is 12.0 Å². The van der Waals surface area contributed by atoms with E-state index in [1.165, 1.54) is 0 Å². The van der Waals surface area contributed by atoms with Gasteiger partial charge in [-0.05, 0) is 12.0 Å². The molecule has 0 fully saturated rings. The molecule has 1 aromatic carbocycles. The minimum atomic E-state index is -0.314. The quantitative estimate of drug-likeness (QED) is 0.560. The second kappa shape index (κ2) is 8.29. The summed E-state index contributed by atoms with van der Waals surface area (Å²) in [5.41, 5.74) is 0.907. The molecule has 0 saturated carbocycles. The Morgan fingerprint density at radius 2 is 1.74 bits per heavy atom. The maximum Gasteiger partial charge on any atom is 0.310 e. The summed E-state index contributed by atoms with van der Waals surface area (Å²) < 4.78 is 9.97. The Labute approximate surface area is 113 Å². The van der Waals surface area contributed by atoms with Crippen LogP contribution in [0.4, 0.5) is 0 Å². The molecule has 0 heterocycles. The standard InChI is InChI=1S/C15H20O4/c1-3-12(2)15(17)19-10-9-18-14(16)11-13-7-5-4-6-8-13/h4-8,12H,3,9-11H2,1-2H3. The van der Waals surface area contributed by atoms with E-state index in [4.69, 9.17) is 9.47 Å². The van der Waals surface area contributed by atoms with Gasteiger partial charge in [-0.3, -0.25) is 9.59 Å². The van der Waals surface area contributed by atoms with E-state index >= 15 is 0 Å². The Hall–Kier alpha value is -1.84. The second-order valence-electron chi connectivity index (χ2n) is 4.36. The first-order valence-electron chi connectivity index (χ1n) is 6.49. The first-order valence-corrected chi connectivity index (χ1v) is 6.49. The summed E-state index contributed by atoms with van der Waals surface area (Å²) in [5, 5.41) is 0. The van der Waals surface area contributed by atoms with Gasteiger partial charge in [0, 0.05) is 0 Å². The van der Waals surface area contributed by atoms with Crippen molar-refractivity contribution in [3.8, 4) is 0 Å². The van der Waals surface area contributed by atoms with Crippen LogP contribution in [0.2, 0.25) is 0 Å². The van der Waals surface area contributed by atoms with Crippen molar-refractivity contribution in [1.82, 2.24) is 0 Å². The molecule has 0 amide bonds. The highest BCUT2D eigenvalue weighted by Gasteiger charge is 2.12. The van der Waals surface area contributed by atoms with Gasteiger partial charge in [0.1, 0.15) is 13.2 Å². The van der Waals surface area contributed by atoms with Crippen LogP contribution in [0.1, 0.15) is 25.8 Å². The van der Waals surface area contributed by atoms with Gasteiger partial charge in [0.2, 0.25) is 0 Å². The molecule has 0 saturated heterocycles. The van der Waals surface area contributed by atoms with Crippen molar-refractivity contribution < 1.29 is 19.1 Å². The van der Waals surface area contributed by atoms with Crippen molar-refractivity contribution in [1.29, 1.82) is 0 Å². The highest BCUT2D eigenvalue weighted by molar-refractivity contribution is 5.73. The molecule has 0 aliphatic heterocycles. The molecule has 0 radical (unpaired) electrons. The smallest absolute Gasteiger partial charge is 0.310 e. The van der Waals surface area contributed by atoms with Crippen LogP contribution in [0, 0.1) is 5.92 Å². The number of ether oxygens (including phenoxy) is 2. The first kappa shape index (κ1) is 15.2. The lowest BCUT2D eigenvalue weighted by atomic mass is 10.1. The van der Waals surface area contributed by atoms with Crippen molar-refractivity contribution in [2.45, 2.75) is 26.7 Å². The van der Waals surface area contributed by atoms with Gasteiger partial charge in [0.25, 0.3) is 0 Å². The van der Waals surface area contributed by atoms with Crippen molar-refractivity contribution in [2.75, 3.05) is 13.2 Å². The average Bonchev–Trinajstić information content (AvgIpc) is 2.43. The summed E-state index contributed by atoms with van der Waals surface area (Å²) in [5.74, 6) is -0.674. The molecule has 0 aliphatic carbocycles. The summed E-state index contributed by atoms with van der Waals surface area (Å²) in [6, 6.07) is 9.37. The zero-order valence-electron chi connectivity index (χ0n) is 11.4. The van der Waals surface area contributed by atoms with Gasteiger partial charge in [-0.1, -0.05) is 44.2 Å². The highest BCUT2D eigenvalue weighted by Crippen LogP contribution is 2.03. The van der Waals surface area contributed by atoms with Crippen LogP contribution in [0.25, 0.3) is 0 Å². The first-order chi connectivity index (χ1) is 9.13. The number of hydrogen-bond acceptors (Lipinski definition) is 4. The maximum absolute atomic E-state index is 11.5. The van der Waals surface area contributed by atoms with E-state index in [-0.39, 0.29) is 37.5 Å². The van der Waals surface area contributed by atoms with Gasteiger partial charge in [-0.25, -0.2) is 0 Å². The molecule has 0 bridgehead atoms. The fourth-order valence-corrected chi connectivity index (χ4v) is 1.42. The summed E-state index contributed by atoms with van der Waals surface area (Å²) in [7, 11) is 0. The molecule has 1 unspecified atom stereocenters. The normalized spacial score (nSPS) is 11.7. The minimum absolute atomic E-state index is 0.105. The monoisotopic (exact) mass is 264 g/mol. The second-order valence-corrected chi connectivity index (χ2v) is 4.36. The molecule has 0 spiro atoms. The minimum Gasteiger partial charge on any atom is -0.462 e. The van der Waals surface area contributed by atoms with Crippen molar-refractivity contribution in [2.24, 2.45) is 5.92 Å². The Morgan fingerprint density at radius 1 is 1.11 bits per heavy atom. The van der Waals surface area contributed by atoms with Crippen molar-refractivity contribution in [3.63, 3.8) is 0 Å². The van der Waals surface area contributed by atoms with E-state index in [0.29, 0.717) is 0 Å². The predicted molar refractivity (Wildman–Crippen MR) is 71.5 cm³/mol. The van der Waals surface area contributed by atoms with E-state index in [1.54, 1.807) is 0 Å². The fourth-order valence-electron chi connectivity index (χ4n) is 1.42. The number of rotatable bonds is 7. The van der Waals surface area contributed by atoms with Crippen LogP contribution >= 0.6 is 0 Å². The SMILES string of the molecule is CCC(C)C(=O)OCCOC(=O)Cc1ccccc1. The Bertz CT molecular complexity index is 400. The van der Waals surface area contributed by atoms with E-state index in [9.17, 15) is 9.59 Å². The lowest BCUT2D eigenvalue weighted by Gasteiger charge is -2.09. The van der Waals surface area contributed by atoms with Crippen LogP contribution < -0.4 is 0 Å². The van der Waals surface area contributed by atoms with Crippen LogP contribution in [-0.4, -0.2) is 25.2 Å². The molecule has 1 aromatic rings. The zero-order chi connectivity index (χ0) is 14.1. The topological polar surface area (TPSA) is 52.6 Å². The molecule has 1 rings (SSSR count). The third-order valence-corrected chi connectivity index (χ3v) is 2.80. The fraction of sp³-hybridized carbons (Fsp3) is 0.467. The number of hydrogen-bond donors (Lipinski definition) is 0. The molecular weight excluding hydrogens is 244 g/mol. The Morgan fingerprint density at radius 3 is 2.37 bits per heavy atom. The highest BCUT2D eigenvalue weighted by atomic mass is 16.6. The predicted octanol–water partition coefficient (Wildman–Crippen LogP) is 2.36. The summed E-state index contributed by atoms with van der Waals surface area (Å²) in [6.07, 6.45) is 0.979. The molecule has 4 heteroatoms. The number of benzene rings is 1. The lowest BCUT2D eigenvalue weighted by Crippen LogP contribution is -2.18. The zero-order valence-corrected chi connectivity index (χ0v) is 11.4. The average molecular weight is 264 g/mol. The van der Waals surface area contributed by atoms with Crippen LogP contribution in [-0.2, 0) is 25.5 Å². The van der Waals surface area contributed by atoms with Crippen LogP contribution in [0.5, 0.6) is 0 Å². The van der Waals surface area contributed by atoms with Gasteiger partial charge >= 0.3 is 11.9 Å². The molecule has 4 nitrogen and oxygen atoms in total. The van der Waals surface area contributed by atoms with Gasteiger partial charge in [-0.15, -0.1) is 0 Å². The summed E-state index contributed by atoms with van der Waals surface area (Å²) >= 11 is 0. The number of carbonyl (C=O) groups excluding carboxylic acids is 2. The molecule has 0 aromatic heterocycles. The van der Waals surface area contributed by atoms with Crippen LogP contribution in [0.3, 0.4) is 0 Å². The molecular formula is C15H20O4. The Balaban J connectivity index is 2.16. The number of carbonyl (C=O) groups is 2. The van der Waals surface area contributed by atoms with E-state index in [2.05, 4.69) is 0 Å². The molecule has 0 N–H and O–H groups in total. The van der Waals surface area contributed by atoms with Gasteiger partial charge in [0.15, 0.2) is 0 Å². The summed E-state index contributed by atoms with van der Waals surface area (Å²) in [4.78, 5) is 22.8. The molecule has 0 aliphatic rings. The van der Waals surface area contributed by atoms with Crippen molar-refractivity contribution in [3.05, 3.63) is 35.9 Å². The third kappa shape index (κ3) is 6.04. The van der Waals surface area contributed by atoms with Gasteiger partial charge in [-0.2, -0.15) is 0 Å². The van der Waals surface area contributed by atoms with E-state index < -0.39 is 0 Å². The molecule has 104 valence electrons. The third-order valence-electron chi connectivity index (χ3n) is 2.80. The van der Waals surface area contributed by atoms with Crippen molar-refractivity contribution >= 4 is 11.9 Å². The van der Waals surface area contributed by atoms with Crippen LogP contribution in [0.15, 0.2) is 30.3 Å². The lowest BCUT2D eigenvalue weighted by molar-refractivity contribution is -0.154. The Kier molecular flexibility index (Phi) is 6.64. The largest absolute Gasteiger partial charge is 0.462 e. The maximum atomic E-state index is 11.5. The molecule has 19 heavy (non-hydrogen) atoms. The number of esters is 2. The summed E-state index contributed by atoms with van der Waals surface area (Å²) in [6.45, 7) is 3.95. The van der Waals surface area contributed by atoms with E-state index in [1.807, 2.05) is 44.2 Å². The molecule has 1 atom stereocenters.